The molecule has 106 valence electrons. The van der Waals surface area contributed by atoms with E-state index in [-0.39, 0.29) is 23.7 Å². The Balaban J connectivity index is 2.15. The molecule has 0 saturated carbocycles. The smallest absolute Gasteiger partial charge is 0.400 e. The second kappa shape index (κ2) is 4.46. The van der Waals surface area contributed by atoms with Crippen molar-refractivity contribution in [2.24, 2.45) is 10.4 Å². The average Bonchev–Trinajstić information content (AvgIpc) is 2.47. The van der Waals surface area contributed by atoms with Gasteiger partial charge in [-0.1, -0.05) is 20.8 Å². The highest BCUT2D eigenvalue weighted by molar-refractivity contribution is 6.54. The zero-order chi connectivity index (χ0) is 14.5. The first-order valence-electron chi connectivity index (χ1n) is 7.15. The van der Waals surface area contributed by atoms with Gasteiger partial charge in [-0.25, -0.2) is 0 Å². The average molecular weight is 263 g/mol. The van der Waals surface area contributed by atoms with Crippen molar-refractivity contribution in [3.05, 3.63) is 11.7 Å². The van der Waals surface area contributed by atoms with Crippen molar-refractivity contribution in [2.75, 3.05) is 0 Å². The summed E-state index contributed by atoms with van der Waals surface area (Å²) in [6, 6.07) is 0. The van der Waals surface area contributed by atoms with Crippen molar-refractivity contribution >= 4 is 12.8 Å². The number of hydrogen-bond acceptors (Lipinski definition) is 3. The molecule has 1 saturated heterocycles. The second-order valence-electron chi connectivity index (χ2n) is 7.62. The van der Waals surface area contributed by atoms with E-state index in [0.29, 0.717) is 0 Å². The van der Waals surface area contributed by atoms with Crippen molar-refractivity contribution in [2.45, 2.75) is 72.5 Å². The van der Waals surface area contributed by atoms with Gasteiger partial charge in [0.05, 0.1) is 11.2 Å². The molecule has 0 amide bonds. The zero-order valence-electron chi connectivity index (χ0n) is 13.3. The highest BCUT2D eigenvalue weighted by Crippen LogP contribution is 2.40. The van der Waals surface area contributed by atoms with E-state index in [4.69, 9.17) is 9.31 Å². The number of nitrogens with zero attached hydrogens (tertiary/aromatic N) is 1. The van der Waals surface area contributed by atoms with Crippen LogP contribution in [-0.4, -0.2) is 24.0 Å². The Morgan fingerprint density at radius 2 is 1.58 bits per heavy atom. The normalized spacial score (nSPS) is 26.2. The zero-order valence-corrected chi connectivity index (χ0v) is 13.3. The molecule has 4 heteroatoms. The van der Waals surface area contributed by atoms with Crippen LogP contribution in [0.15, 0.2) is 16.7 Å². The molecule has 0 spiro atoms. The van der Waals surface area contributed by atoms with E-state index in [1.807, 2.05) is 6.20 Å². The summed E-state index contributed by atoms with van der Waals surface area (Å²) < 4.78 is 12.1. The first-order chi connectivity index (χ1) is 8.53. The van der Waals surface area contributed by atoms with Crippen LogP contribution in [0, 0.1) is 5.41 Å². The molecule has 0 unspecified atom stereocenters. The van der Waals surface area contributed by atoms with Crippen LogP contribution >= 0.6 is 0 Å². The van der Waals surface area contributed by atoms with E-state index in [2.05, 4.69) is 53.5 Å². The summed E-state index contributed by atoms with van der Waals surface area (Å²) in [7, 11) is -0.240. The number of aliphatic imine (C=N–C) groups is 1. The molecular weight excluding hydrogens is 237 g/mol. The molecule has 0 aromatic rings. The van der Waals surface area contributed by atoms with Gasteiger partial charge in [0.1, 0.15) is 0 Å². The fourth-order valence-corrected chi connectivity index (χ4v) is 2.29. The molecule has 2 rings (SSSR count). The number of allylic oxidation sites excluding steroid dienone is 1. The summed E-state index contributed by atoms with van der Waals surface area (Å²) in [5.74, 6) is 0. The summed E-state index contributed by atoms with van der Waals surface area (Å²) >= 11 is 0. The van der Waals surface area contributed by atoms with Crippen molar-refractivity contribution in [1.82, 2.24) is 0 Å². The minimum Gasteiger partial charge on any atom is -0.400 e. The van der Waals surface area contributed by atoms with Crippen LogP contribution in [0.3, 0.4) is 0 Å². The SMILES string of the molecule is CC(C)(C)C1=NC=C(B2OC(C)(C)C(C)(C)O2)CC1. The minimum atomic E-state index is -0.271. The molecule has 2 heterocycles. The molecule has 2 aliphatic rings. The van der Waals surface area contributed by atoms with Crippen molar-refractivity contribution in [1.29, 1.82) is 0 Å². The quantitative estimate of drug-likeness (QED) is 0.674. The van der Waals surface area contributed by atoms with Crippen LogP contribution in [0.2, 0.25) is 0 Å². The van der Waals surface area contributed by atoms with Gasteiger partial charge in [-0.3, -0.25) is 4.99 Å². The van der Waals surface area contributed by atoms with Gasteiger partial charge in [0.15, 0.2) is 0 Å². The Morgan fingerprint density at radius 3 is 1.95 bits per heavy atom. The lowest BCUT2D eigenvalue weighted by Crippen LogP contribution is -2.41. The van der Waals surface area contributed by atoms with Crippen LogP contribution in [0.4, 0.5) is 0 Å². The number of hydrogen-bond donors (Lipinski definition) is 0. The summed E-state index contributed by atoms with van der Waals surface area (Å²) in [5, 5.41) is 0. The van der Waals surface area contributed by atoms with E-state index in [1.54, 1.807) is 0 Å². The van der Waals surface area contributed by atoms with Gasteiger partial charge < -0.3 is 9.31 Å². The Kier molecular flexibility index (Phi) is 3.47. The molecule has 0 aromatic carbocycles. The molecule has 19 heavy (non-hydrogen) atoms. The lowest BCUT2D eigenvalue weighted by atomic mass is 9.73. The third-order valence-electron chi connectivity index (χ3n) is 4.46. The van der Waals surface area contributed by atoms with Gasteiger partial charge in [-0.2, -0.15) is 0 Å². The molecule has 0 N–H and O–H groups in total. The van der Waals surface area contributed by atoms with Gasteiger partial charge in [-0.05, 0) is 46.0 Å². The monoisotopic (exact) mass is 263 g/mol. The van der Waals surface area contributed by atoms with E-state index < -0.39 is 0 Å². The molecule has 0 atom stereocenters. The molecule has 2 aliphatic heterocycles. The van der Waals surface area contributed by atoms with Crippen molar-refractivity contribution < 1.29 is 9.31 Å². The van der Waals surface area contributed by atoms with Crippen molar-refractivity contribution in [3.63, 3.8) is 0 Å². The maximum Gasteiger partial charge on any atom is 0.492 e. The van der Waals surface area contributed by atoms with Gasteiger partial charge in [0, 0.05) is 17.3 Å². The Hall–Kier alpha value is -0.605. The molecule has 0 bridgehead atoms. The summed E-state index contributed by atoms with van der Waals surface area (Å²) in [6.07, 6.45) is 3.93. The van der Waals surface area contributed by atoms with Crippen LogP contribution < -0.4 is 0 Å². The third-order valence-corrected chi connectivity index (χ3v) is 4.46. The Bertz CT molecular complexity index is 414. The first kappa shape index (κ1) is 14.8. The van der Waals surface area contributed by atoms with Gasteiger partial charge in [0.25, 0.3) is 0 Å². The van der Waals surface area contributed by atoms with Crippen molar-refractivity contribution in [3.8, 4) is 0 Å². The third kappa shape index (κ3) is 2.80. The van der Waals surface area contributed by atoms with Crippen LogP contribution in [0.5, 0.6) is 0 Å². The minimum absolute atomic E-state index is 0.151. The maximum atomic E-state index is 6.06. The number of rotatable bonds is 1. The van der Waals surface area contributed by atoms with Crippen LogP contribution in [0.25, 0.3) is 0 Å². The fraction of sp³-hybridized carbons (Fsp3) is 0.800. The molecular formula is C15H26BNO2. The molecule has 0 radical (unpaired) electrons. The van der Waals surface area contributed by atoms with Gasteiger partial charge in [-0.15, -0.1) is 0 Å². The van der Waals surface area contributed by atoms with E-state index in [1.165, 1.54) is 5.71 Å². The first-order valence-corrected chi connectivity index (χ1v) is 7.15. The van der Waals surface area contributed by atoms with Gasteiger partial charge in [0.2, 0.25) is 0 Å². The second-order valence-corrected chi connectivity index (χ2v) is 7.62. The standard InChI is InChI=1S/C15H26BNO2/c1-13(2,3)12-9-8-11(10-17-12)16-18-14(4,5)15(6,7)19-16/h10H,8-9H2,1-7H3. The highest BCUT2D eigenvalue weighted by Gasteiger charge is 2.52. The molecule has 0 aromatic heterocycles. The van der Waals surface area contributed by atoms with Crippen LogP contribution in [0.1, 0.15) is 61.3 Å². The lowest BCUT2D eigenvalue weighted by molar-refractivity contribution is 0.00578. The van der Waals surface area contributed by atoms with E-state index in [0.717, 1.165) is 18.3 Å². The topological polar surface area (TPSA) is 30.8 Å². The Labute approximate surface area is 117 Å². The van der Waals surface area contributed by atoms with E-state index in [9.17, 15) is 0 Å². The van der Waals surface area contributed by atoms with Crippen LogP contribution in [-0.2, 0) is 9.31 Å². The summed E-state index contributed by atoms with van der Waals surface area (Å²) in [6.45, 7) is 15.0. The Morgan fingerprint density at radius 1 is 1.05 bits per heavy atom. The fourth-order valence-electron chi connectivity index (χ4n) is 2.29. The van der Waals surface area contributed by atoms with Gasteiger partial charge >= 0.3 is 7.12 Å². The molecule has 1 fully saturated rings. The largest absolute Gasteiger partial charge is 0.492 e. The predicted molar refractivity (Wildman–Crippen MR) is 80.3 cm³/mol. The maximum absolute atomic E-state index is 6.06. The highest BCUT2D eigenvalue weighted by atomic mass is 16.7. The predicted octanol–water partition coefficient (Wildman–Crippen LogP) is 3.78. The van der Waals surface area contributed by atoms with E-state index >= 15 is 0 Å². The molecule has 0 aliphatic carbocycles. The lowest BCUT2D eigenvalue weighted by Gasteiger charge is -2.32. The molecule has 3 nitrogen and oxygen atoms in total. The summed E-state index contributed by atoms with van der Waals surface area (Å²) in [4.78, 5) is 4.62. The summed E-state index contributed by atoms with van der Waals surface area (Å²) in [5.41, 5.74) is 2.02.